The van der Waals surface area contributed by atoms with Crippen LogP contribution in [-0.2, 0) is 6.54 Å². The second-order valence-electron chi connectivity index (χ2n) is 7.49. The number of hydrogen-bond donors (Lipinski definition) is 2. The van der Waals surface area contributed by atoms with E-state index >= 15 is 0 Å². The van der Waals surface area contributed by atoms with E-state index in [0.29, 0.717) is 23.3 Å². The quantitative estimate of drug-likeness (QED) is 0.429. The molecule has 4 aromatic heterocycles. The van der Waals surface area contributed by atoms with Gasteiger partial charge in [0.15, 0.2) is 5.76 Å². The molecule has 4 aromatic rings. The molecule has 11 heteroatoms. The normalized spacial score (nSPS) is 13.7. The van der Waals surface area contributed by atoms with E-state index in [-0.39, 0.29) is 32.8 Å². The van der Waals surface area contributed by atoms with Crippen LogP contribution in [0, 0.1) is 0 Å². The summed E-state index contributed by atoms with van der Waals surface area (Å²) in [5.41, 5.74) is 5.99. The van der Waals surface area contributed by atoms with Gasteiger partial charge >= 0.3 is 0 Å². The van der Waals surface area contributed by atoms with E-state index in [9.17, 15) is 18.4 Å². The Hall–Kier alpha value is -3.60. The van der Waals surface area contributed by atoms with Gasteiger partial charge in [0.25, 0.3) is 18.2 Å². The molecule has 0 unspecified atom stereocenters. The van der Waals surface area contributed by atoms with Crippen LogP contribution in [-0.4, -0.2) is 26.6 Å². The maximum absolute atomic E-state index is 13.4. The molecule has 3 N–H and O–H groups in total. The van der Waals surface area contributed by atoms with Crippen LogP contribution in [0.5, 0.6) is 0 Å². The topological polar surface area (TPSA) is 116 Å². The Labute approximate surface area is 184 Å². The largest absolute Gasteiger partial charge is 0.454 e. The first-order chi connectivity index (χ1) is 15.4. The van der Waals surface area contributed by atoms with E-state index in [1.54, 1.807) is 29.2 Å². The first-order valence-corrected chi connectivity index (χ1v) is 10.6. The lowest BCUT2D eigenvalue weighted by molar-refractivity contribution is 0.0994. The summed E-state index contributed by atoms with van der Waals surface area (Å²) in [6.07, 6.45) is 2.33. The van der Waals surface area contributed by atoms with Crippen molar-refractivity contribution in [1.82, 2.24) is 14.8 Å². The lowest BCUT2D eigenvalue weighted by Gasteiger charge is -2.09. The van der Waals surface area contributed by atoms with Gasteiger partial charge in [-0.2, -0.15) is 5.10 Å². The fourth-order valence-electron chi connectivity index (χ4n) is 3.58. The van der Waals surface area contributed by atoms with Crippen molar-refractivity contribution in [3.05, 3.63) is 64.3 Å². The van der Waals surface area contributed by atoms with E-state index in [2.05, 4.69) is 15.4 Å². The zero-order valence-electron chi connectivity index (χ0n) is 16.5. The maximum Gasteiger partial charge on any atom is 0.291 e. The third-order valence-electron chi connectivity index (χ3n) is 5.18. The third-order valence-corrected chi connectivity index (χ3v) is 6.28. The number of nitrogens with zero attached hydrogens (tertiary/aromatic N) is 3. The van der Waals surface area contributed by atoms with E-state index < -0.39 is 18.2 Å². The highest BCUT2D eigenvalue weighted by atomic mass is 32.1. The Kier molecular flexibility index (Phi) is 4.97. The van der Waals surface area contributed by atoms with E-state index in [0.717, 1.165) is 24.2 Å². The van der Waals surface area contributed by atoms with Crippen molar-refractivity contribution >= 4 is 39.1 Å². The van der Waals surface area contributed by atoms with Crippen LogP contribution in [0.2, 0.25) is 0 Å². The number of anilines is 1. The molecule has 1 saturated carbocycles. The summed E-state index contributed by atoms with van der Waals surface area (Å²) in [5, 5.41) is 7.27. The first-order valence-electron chi connectivity index (χ1n) is 9.83. The minimum absolute atomic E-state index is 0.0343. The summed E-state index contributed by atoms with van der Waals surface area (Å²) in [5.74, 6) is -0.729. The van der Waals surface area contributed by atoms with Gasteiger partial charge in [-0.25, -0.2) is 13.8 Å². The minimum Gasteiger partial charge on any atom is -0.454 e. The molecule has 0 radical (unpaired) electrons. The minimum atomic E-state index is -2.75. The van der Waals surface area contributed by atoms with Crippen LogP contribution in [0.1, 0.15) is 62.4 Å². The van der Waals surface area contributed by atoms with Crippen LogP contribution in [0.15, 0.2) is 41.1 Å². The molecular formula is C21H17F2N5O3S. The average Bonchev–Trinajstić information content (AvgIpc) is 3.12. The lowest BCUT2D eigenvalue weighted by Crippen LogP contribution is -2.16. The fourth-order valence-corrected chi connectivity index (χ4v) is 4.60. The predicted octanol–water partition coefficient (Wildman–Crippen LogP) is 4.30. The maximum atomic E-state index is 13.4. The summed E-state index contributed by atoms with van der Waals surface area (Å²) in [6, 6.07) is 6.30. The Morgan fingerprint density at radius 3 is 2.81 bits per heavy atom. The van der Waals surface area contributed by atoms with Crippen molar-refractivity contribution in [3.63, 3.8) is 0 Å². The number of halogens is 2. The van der Waals surface area contributed by atoms with Gasteiger partial charge in [0, 0.05) is 17.8 Å². The lowest BCUT2D eigenvalue weighted by atomic mass is 10.0. The van der Waals surface area contributed by atoms with Gasteiger partial charge in [-0.15, -0.1) is 11.3 Å². The number of furan rings is 1. The fraction of sp³-hybridized carbons (Fsp3) is 0.238. The van der Waals surface area contributed by atoms with Gasteiger partial charge in [-0.3, -0.25) is 14.3 Å². The highest BCUT2D eigenvalue weighted by Crippen LogP contribution is 2.48. The summed E-state index contributed by atoms with van der Waals surface area (Å²) >= 11 is 0.892. The first kappa shape index (κ1) is 20.3. The van der Waals surface area contributed by atoms with Gasteiger partial charge < -0.3 is 15.5 Å². The van der Waals surface area contributed by atoms with Crippen molar-refractivity contribution in [2.45, 2.75) is 31.7 Å². The zero-order chi connectivity index (χ0) is 22.4. The Morgan fingerprint density at radius 1 is 1.34 bits per heavy atom. The number of nitrogens with two attached hydrogens (primary N) is 1. The van der Waals surface area contributed by atoms with Gasteiger partial charge in [0.05, 0.1) is 12.2 Å². The molecule has 0 atom stereocenters. The Balaban J connectivity index is 1.52. The van der Waals surface area contributed by atoms with Gasteiger partial charge in [-0.05, 0) is 48.6 Å². The van der Waals surface area contributed by atoms with Gasteiger partial charge in [-0.1, -0.05) is 0 Å². The molecule has 4 heterocycles. The average molecular weight is 457 g/mol. The third kappa shape index (κ3) is 3.75. The number of primary amides is 1. The Morgan fingerprint density at radius 2 is 2.16 bits per heavy atom. The van der Waals surface area contributed by atoms with Gasteiger partial charge in [0.2, 0.25) is 0 Å². The SMILES string of the molecule is NC(=O)c1sc2nc(C(F)F)cc(C3CC3)c2c1NC(=O)c1ccc(Cn2cccn2)o1. The molecule has 32 heavy (non-hydrogen) atoms. The monoisotopic (exact) mass is 457 g/mol. The number of carbonyl (C=O) groups is 2. The second kappa shape index (κ2) is 7.83. The molecule has 0 saturated heterocycles. The van der Waals surface area contributed by atoms with Crippen LogP contribution in [0.25, 0.3) is 10.2 Å². The highest BCUT2D eigenvalue weighted by molar-refractivity contribution is 7.21. The Bertz CT molecular complexity index is 1320. The molecule has 0 bridgehead atoms. The number of nitrogens with one attached hydrogen (secondary N) is 1. The molecule has 1 aliphatic rings. The summed E-state index contributed by atoms with van der Waals surface area (Å²) < 4.78 is 34.0. The second-order valence-corrected chi connectivity index (χ2v) is 8.48. The number of pyridine rings is 1. The standard InChI is InChI=1S/C21H17F2N5O3S/c22-18(23)13-8-12(10-2-3-10)15-16(17(19(24)29)32-21(15)26-13)27-20(30)14-5-4-11(31-14)9-28-7-1-6-25-28/h1,4-8,10,18H,2-3,9H2,(H2,24,29)(H,27,30). The molecule has 164 valence electrons. The van der Waals surface area contributed by atoms with Crippen LogP contribution < -0.4 is 11.1 Å². The zero-order valence-corrected chi connectivity index (χ0v) is 17.4. The number of thiophene rings is 1. The number of fused-ring (bicyclic) bond motifs is 1. The highest BCUT2D eigenvalue weighted by Gasteiger charge is 2.32. The van der Waals surface area contributed by atoms with Crippen molar-refractivity contribution in [1.29, 1.82) is 0 Å². The van der Waals surface area contributed by atoms with E-state index in [4.69, 9.17) is 10.2 Å². The molecule has 2 amide bonds. The van der Waals surface area contributed by atoms with Crippen LogP contribution in [0.3, 0.4) is 0 Å². The van der Waals surface area contributed by atoms with E-state index in [1.165, 1.54) is 12.1 Å². The van der Waals surface area contributed by atoms with Gasteiger partial charge in [0.1, 0.15) is 21.2 Å². The molecular weight excluding hydrogens is 440 g/mol. The van der Waals surface area contributed by atoms with Crippen LogP contribution >= 0.6 is 11.3 Å². The van der Waals surface area contributed by atoms with Crippen molar-refractivity contribution in [3.8, 4) is 0 Å². The number of aromatic nitrogens is 3. The van der Waals surface area contributed by atoms with Crippen molar-refractivity contribution < 1.29 is 22.8 Å². The van der Waals surface area contributed by atoms with Crippen LogP contribution in [0.4, 0.5) is 14.5 Å². The molecule has 5 rings (SSSR count). The smallest absolute Gasteiger partial charge is 0.291 e. The number of rotatable bonds is 7. The number of carbonyl (C=O) groups excluding carboxylic acids is 2. The molecule has 0 aromatic carbocycles. The van der Waals surface area contributed by atoms with Crippen molar-refractivity contribution in [2.24, 2.45) is 5.73 Å². The summed E-state index contributed by atoms with van der Waals surface area (Å²) in [4.78, 5) is 29.3. The molecule has 0 aliphatic heterocycles. The molecule has 1 aliphatic carbocycles. The molecule has 0 spiro atoms. The molecule has 8 nitrogen and oxygen atoms in total. The number of alkyl halides is 2. The number of hydrogen-bond acceptors (Lipinski definition) is 6. The summed E-state index contributed by atoms with van der Waals surface area (Å²) in [7, 11) is 0. The number of amides is 2. The molecule has 1 fully saturated rings. The summed E-state index contributed by atoms with van der Waals surface area (Å²) in [6.45, 7) is 0.348. The van der Waals surface area contributed by atoms with E-state index in [1.807, 2.05) is 0 Å². The predicted molar refractivity (Wildman–Crippen MR) is 113 cm³/mol. The van der Waals surface area contributed by atoms with Crippen molar-refractivity contribution in [2.75, 3.05) is 5.32 Å².